The van der Waals surface area contributed by atoms with Crippen LogP contribution in [0.5, 0.6) is 0 Å². The summed E-state index contributed by atoms with van der Waals surface area (Å²) in [6.45, 7) is 0.803. The van der Waals surface area contributed by atoms with Crippen LogP contribution in [0.25, 0.3) is 0 Å². The quantitative estimate of drug-likeness (QED) is 0.779. The predicted molar refractivity (Wildman–Crippen MR) is 64.1 cm³/mol. The lowest BCUT2D eigenvalue weighted by atomic mass is 10.1. The van der Waals surface area contributed by atoms with Crippen molar-refractivity contribution in [1.82, 2.24) is 5.32 Å². The monoisotopic (exact) mass is 305 g/mol. The third kappa shape index (κ3) is 4.07. The number of nitrogens with one attached hydrogen (secondary N) is 1. The molecule has 0 saturated carbocycles. The van der Waals surface area contributed by atoms with Crippen molar-refractivity contribution in [3.05, 3.63) is 34.1 Å². The van der Waals surface area contributed by atoms with Crippen molar-refractivity contribution in [2.24, 2.45) is 0 Å². The Morgan fingerprint density at radius 2 is 2.24 bits per heavy atom. The number of aliphatic hydroxyl groups is 2. The highest BCUT2D eigenvalue weighted by atomic mass is 79.9. The van der Waals surface area contributed by atoms with Gasteiger partial charge < -0.3 is 15.5 Å². The molecule has 0 bridgehead atoms. The molecule has 0 aromatic heterocycles. The van der Waals surface area contributed by atoms with Crippen LogP contribution in [-0.4, -0.2) is 34.9 Å². The highest BCUT2D eigenvalue weighted by molar-refractivity contribution is 9.10. The molecule has 0 fully saturated rings. The van der Waals surface area contributed by atoms with Gasteiger partial charge in [-0.3, -0.25) is 4.79 Å². The molecule has 0 aliphatic carbocycles. The van der Waals surface area contributed by atoms with Gasteiger partial charge in [-0.25, -0.2) is 4.39 Å². The Bertz CT molecular complexity index is 423. The lowest BCUT2D eigenvalue weighted by Crippen LogP contribution is -2.43. The van der Waals surface area contributed by atoms with E-state index in [0.29, 0.717) is 0 Å². The lowest BCUT2D eigenvalue weighted by molar-refractivity contribution is 0.00320. The normalized spacial score (nSPS) is 14.2. The van der Waals surface area contributed by atoms with Crippen molar-refractivity contribution in [1.29, 1.82) is 0 Å². The Balaban J connectivity index is 2.68. The maximum absolute atomic E-state index is 13.2. The number of amides is 1. The Hall–Kier alpha value is -0.980. The summed E-state index contributed by atoms with van der Waals surface area (Å²) >= 11 is 2.98. The fourth-order valence-corrected chi connectivity index (χ4v) is 1.31. The third-order valence-electron chi connectivity index (χ3n) is 2.15. The number of carbonyl (C=O) groups excluding carboxylic acids is 1. The zero-order valence-electron chi connectivity index (χ0n) is 9.20. The summed E-state index contributed by atoms with van der Waals surface area (Å²) in [5.41, 5.74) is -1.23. The zero-order chi connectivity index (χ0) is 13.1. The summed E-state index contributed by atoms with van der Waals surface area (Å²) in [4.78, 5) is 11.6. The van der Waals surface area contributed by atoms with Crippen LogP contribution in [0.15, 0.2) is 22.7 Å². The summed E-state index contributed by atoms with van der Waals surface area (Å²) in [5.74, 6) is -1.04. The predicted octanol–water partition coefficient (Wildman–Crippen LogP) is 1.06. The number of hydrogen-bond donors (Lipinski definition) is 3. The summed E-state index contributed by atoms with van der Waals surface area (Å²) in [7, 11) is 0. The fourth-order valence-electron chi connectivity index (χ4n) is 1.07. The smallest absolute Gasteiger partial charge is 0.251 e. The second-order valence-electron chi connectivity index (χ2n) is 3.97. The lowest BCUT2D eigenvalue weighted by Gasteiger charge is -2.20. The number of halogens is 2. The first-order valence-corrected chi connectivity index (χ1v) is 5.71. The number of rotatable bonds is 4. The molecule has 0 aliphatic heterocycles. The topological polar surface area (TPSA) is 69.6 Å². The first-order chi connectivity index (χ1) is 7.85. The molecule has 0 heterocycles. The first-order valence-electron chi connectivity index (χ1n) is 4.92. The SMILES string of the molecule is CC(O)(CO)CNC(=O)c1ccc(Br)c(F)c1. The summed E-state index contributed by atoms with van der Waals surface area (Å²) in [6.07, 6.45) is 0. The molecule has 0 saturated heterocycles. The molecule has 1 aromatic rings. The van der Waals surface area contributed by atoms with E-state index in [-0.39, 0.29) is 16.6 Å². The van der Waals surface area contributed by atoms with E-state index in [1.807, 2.05) is 0 Å². The highest BCUT2D eigenvalue weighted by Crippen LogP contribution is 2.16. The number of carbonyl (C=O) groups is 1. The molecule has 4 nitrogen and oxygen atoms in total. The summed E-state index contributed by atoms with van der Waals surface area (Å²) in [5, 5.41) is 20.7. The van der Waals surface area contributed by atoms with E-state index in [9.17, 15) is 14.3 Å². The van der Waals surface area contributed by atoms with Gasteiger partial charge in [0.15, 0.2) is 0 Å². The van der Waals surface area contributed by atoms with E-state index in [1.165, 1.54) is 19.1 Å². The van der Waals surface area contributed by atoms with E-state index in [4.69, 9.17) is 5.11 Å². The number of aliphatic hydroxyl groups excluding tert-OH is 1. The van der Waals surface area contributed by atoms with E-state index in [2.05, 4.69) is 21.2 Å². The van der Waals surface area contributed by atoms with Crippen LogP contribution < -0.4 is 5.32 Å². The third-order valence-corrected chi connectivity index (χ3v) is 2.80. The van der Waals surface area contributed by atoms with Crippen LogP contribution in [0.2, 0.25) is 0 Å². The molecule has 0 radical (unpaired) electrons. The molecule has 17 heavy (non-hydrogen) atoms. The van der Waals surface area contributed by atoms with Gasteiger partial charge in [0.2, 0.25) is 0 Å². The van der Waals surface area contributed by atoms with Gasteiger partial charge in [-0.2, -0.15) is 0 Å². The van der Waals surface area contributed by atoms with Crippen LogP contribution >= 0.6 is 15.9 Å². The van der Waals surface area contributed by atoms with E-state index in [1.54, 1.807) is 0 Å². The molecule has 6 heteroatoms. The molecular weight excluding hydrogens is 293 g/mol. The molecule has 0 spiro atoms. The minimum Gasteiger partial charge on any atom is -0.393 e. The number of hydrogen-bond acceptors (Lipinski definition) is 3. The summed E-state index contributed by atoms with van der Waals surface area (Å²) in [6, 6.07) is 3.97. The van der Waals surface area contributed by atoms with Gasteiger partial charge >= 0.3 is 0 Å². The van der Waals surface area contributed by atoms with Crippen molar-refractivity contribution >= 4 is 21.8 Å². The average molecular weight is 306 g/mol. The molecule has 0 aliphatic rings. The standard InChI is InChI=1S/C11H13BrFNO3/c1-11(17,6-15)5-14-10(16)7-2-3-8(12)9(13)4-7/h2-4,15,17H,5-6H2,1H3,(H,14,16). The van der Waals surface area contributed by atoms with Crippen molar-refractivity contribution in [3.63, 3.8) is 0 Å². The van der Waals surface area contributed by atoms with Crippen LogP contribution in [0.3, 0.4) is 0 Å². The Kier molecular flexibility index (Phi) is 4.62. The van der Waals surface area contributed by atoms with Crippen LogP contribution in [0.4, 0.5) is 4.39 Å². The van der Waals surface area contributed by atoms with Gasteiger partial charge in [-0.15, -0.1) is 0 Å². The minimum absolute atomic E-state index is 0.111. The van der Waals surface area contributed by atoms with E-state index >= 15 is 0 Å². The minimum atomic E-state index is -1.39. The molecule has 1 unspecified atom stereocenters. The second-order valence-corrected chi connectivity index (χ2v) is 4.82. The second kappa shape index (κ2) is 5.57. The Morgan fingerprint density at radius 1 is 1.59 bits per heavy atom. The Morgan fingerprint density at radius 3 is 2.76 bits per heavy atom. The van der Waals surface area contributed by atoms with Crippen molar-refractivity contribution in [2.75, 3.05) is 13.2 Å². The molecule has 1 aromatic carbocycles. The van der Waals surface area contributed by atoms with Crippen LogP contribution in [-0.2, 0) is 0 Å². The van der Waals surface area contributed by atoms with Crippen molar-refractivity contribution in [3.8, 4) is 0 Å². The zero-order valence-corrected chi connectivity index (χ0v) is 10.8. The summed E-state index contributed by atoms with van der Waals surface area (Å²) < 4.78 is 13.4. The number of benzene rings is 1. The molecule has 1 amide bonds. The molecule has 94 valence electrons. The molecular formula is C11H13BrFNO3. The highest BCUT2D eigenvalue weighted by Gasteiger charge is 2.20. The maximum atomic E-state index is 13.2. The fraction of sp³-hybridized carbons (Fsp3) is 0.364. The van der Waals surface area contributed by atoms with Crippen molar-refractivity contribution < 1.29 is 19.4 Å². The van der Waals surface area contributed by atoms with Gasteiger partial charge in [0, 0.05) is 12.1 Å². The van der Waals surface area contributed by atoms with E-state index in [0.717, 1.165) is 6.07 Å². The van der Waals surface area contributed by atoms with Crippen molar-refractivity contribution in [2.45, 2.75) is 12.5 Å². The van der Waals surface area contributed by atoms with Crippen LogP contribution in [0.1, 0.15) is 17.3 Å². The van der Waals surface area contributed by atoms with Gasteiger partial charge in [0.25, 0.3) is 5.91 Å². The molecule has 1 atom stereocenters. The van der Waals surface area contributed by atoms with Gasteiger partial charge in [-0.1, -0.05) is 0 Å². The van der Waals surface area contributed by atoms with Crippen LogP contribution in [0, 0.1) is 5.82 Å². The molecule has 3 N–H and O–H groups in total. The first kappa shape index (κ1) is 14.1. The maximum Gasteiger partial charge on any atom is 0.251 e. The average Bonchev–Trinajstić information content (AvgIpc) is 2.30. The van der Waals surface area contributed by atoms with E-state index < -0.39 is 23.9 Å². The van der Waals surface area contributed by atoms with Gasteiger partial charge in [-0.05, 0) is 41.1 Å². The Labute approximate surface area is 107 Å². The van der Waals surface area contributed by atoms with Gasteiger partial charge in [0.1, 0.15) is 11.4 Å². The molecule has 1 rings (SSSR count). The van der Waals surface area contributed by atoms with Gasteiger partial charge in [0.05, 0.1) is 11.1 Å². The largest absolute Gasteiger partial charge is 0.393 e.